The third-order valence-electron chi connectivity index (χ3n) is 18.1. The Balaban J connectivity index is 0.000000230. The summed E-state index contributed by atoms with van der Waals surface area (Å²) >= 11 is 0. The summed E-state index contributed by atoms with van der Waals surface area (Å²) < 4.78 is 3.06. The molecule has 7 aromatic rings. The molecule has 0 saturated carbocycles. The lowest BCUT2D eigenvalue weighted by molar-refractivity contribution is -0.884. The summed E-state index contributed by atoms with van der Waals surface area (Å²) in [6.45, 7) is 28.8. The molecule has 10 unspecified atom stereocenters. The van der Waals surface area contributed by atoms with Crippen LogP contribution in [-0.4, -0.2) is 30.6 Å². The monoisotopic (exact) mass is 1080 g/mol. The highest BCUT2D eigenvalue weighted by Gasteiger charge is 2.23. The zero-order chi connectivity index (χ0) is 58.2. The second kappa shape index (κ2) is 33.3. The van der Waals surface area contributed by atoms with Crippen LogP contribution in [0.5, 0.6) is 0 Å². The SMILES string of the molecule is CCC(C)c1ccc(C(CC)CC(C)c2cc[n+](C)cc2)cc1.CCC(C)c1ccc(C(CC)CC(C)c2ccncc2)cc1.CCC(C)c1ccc(C(CC)CC(CC(C)c2ccc(C[N+](C)(C)C)cc2)c2ccccc2)cc1. The molecule has 10 atom stereocenters. The van der Waals surface area contributed by atoms with Crippen LogP contribution in [0.3, 0.4) is 0 Å². The van der Waals surface area contributed by atoms with Crippen molar-refractivity contribution >= 4 is 0 Å². The average Bonchev–Trinajstić information content (AvgIpc) is 3.50. The van der Waals surface area contributed by atoms with Gasteiger partial charge in [0.2, 0.25) is 0 Å². The van der Waals surface area contributed by atoms with Crippen LogP contribution in [0.25, 0.3) is 0 Å². The first-order valence-corrected chi connectivity index (χ1v) is 31.5. The van der Waals surface area contributed by atoms with Gasteiger partial charge in [0, 0.05) is 30.1 Å². The Labute approximate surface area is 490 Å². The van der Waals surface area contributed by atoms with E-state index in [1.54, 1.807) is 0 Å². The van der Waals surface area contributed by atoms with Gasteiger partial charge in [-0.15, -0.1) is 0 Å². The Morgan fingerprint density at radius 2 is 0.625 bits per heavy atom. The van der Waals surface area contributed by atoms with Crippen LogP contribution in [-0.2, 0) is 13.6 Å². The minimum absolute atomic E-state index is 0.531. The number of benzene rings is 5. The molecule has 7 rings (SSSR count). The van der Waals surface area contributed by atoms with Crippen LogP contribution < -0.4 is 4.57 Å². The molecular weight excluding hydrogens is 967 g/mol. The highest BCUT2D eigenvalue weighted by atomic mass is 15.3. The zero-order valence-electron chi connectivity index (χ0n) is 53.1. The van der Waals surface area contributed by atoms with Gasteiger partial charge in [-0.3, -0.25) is 4.98 Å². The molecule has 2 aromatic heterocycles. The average molecular weight is 1080 g/mol. The fourth-order valence-corrected chi connectivity index (χ4v) is 11.8. The van der Waals surface area contributed by atoms with Crippen molar-refractivity contribution in [1.29, 1.82) is 0 Å². The van der Waals surface area contributed by atoms with Crippen molar-refractivity contribution in [2.24, 2.45) is 7.05 Å². The third-order valence-corrected chi connectivity index (χ3v) is 18.1. The van der Waals surface area contributed by atoms with Gasteiger partial charge in [-0.05, 0) is 191 Å². The fraction of sp³-hybridized carbons (Fsp3) is 0.481. The molecule has 0 aliphatic carbocycles. The van der Waals surface area contributed by atoms with Gasteiger partial charge in [0.05, 0.1) is 21.1 Å². The van der Waals surface area contributed by atoms with Crippen LogP contribution in [0, 0.1) is 0 Å². The van der Waals surface area contributed by atoms with Crippen LogP contribution >= 0.6 is 0 Å². The minimum atomic E-state index is 0.531. The summed E-state index contributed by atoms with van der Waals surface area (Å²) in [5, 5.41) is 0. The molecule has 0 fully saturated rings. The molecular formula is C77H109N3+2. The predicted octanol–water partition coefficient (Wildman–Crippen LogP) is 21.3. The van der Waals surface area contributed by atoms with Gasteiger partial charge in [-0.25, -0.2) is 4.57 Å². The third kappa shape index (κ3) is 20.7. The van der Waals surface area contributed by atoms with E-state index in [1.165, 1.54) is 125 Å². The Kier molecular flexibility index (Phi) is 27.1. The Morgan fingerprint density at radius 1 is 0.325 bits per heavy atom. The number of pyridine rings is 2. The zero-order valence-corrected chi connectivity index (χ0v) is 53.1. The molecule has 0 radical (unpaired) electrons. The smallest absolute Gasteiger partial charge is 0.168 e. The number of quaternary nitrogens is 1. The van der Waals surface area contributed by atoms with Crippen molar-refractivity contribution in [3.05, 3.63) is 238 Å². The maximum atomic E-state index is 4.12. The van der Waals surface area contributed by atoms with E-state index in [2.05, 4.69) is 285 Å². The highest BCUT2D eigenvalue weighted by molar-refractivity contribution is 5.32. The number of hydrogen-bond donors (Lipinski definition) is 0. The Bertz CT molecular complexity index is 2720. The first kappa shape index (κ1) is 65.2. The van der Waals surface area contributed by atoms with E-state index in [4.69, 9.17) is 0 Å². The van der Waals surface area contributed by atoms with Crippen LogP contribution in [0.15, 0.2) is 176 Å². The number of rotatable bonds is 26. The topological polar surface area (TPSA) is 16.8 Å². The highest BCUT2D eigenvalue weighted by Crippen LogP contribution is 2.40. The minimum Gasteiger partial charge on any atom is -0.327 e. The standard InChI is InChI=1S/C34H48N.C22H32N.C21H29N/c1-8-26(3)30-19-21-33(22-20-30)29(9-2)24-34(32-13-11-10-12-14-32)23-27(4)31-17-15-28(16-18-31)25-35(5,6)7;1-6-17(3)20-8-10-22(11-9-20)19(7-2)16-18(4)21-12-14-23(5)15-13-21;1-5-16(3)19-7-9-21(10-8-19)18(6-2)15-17(4)20-11-13-22-14-12-20/h10-22,26-27,29,34H,8-9,23-25H2,1-7H3;8-15,17-19H,6-7,16H2,1-5H3;7-14,16-18H,5-6,15H2,1-4H3/q2*+1;. The maximum Gasteiger partial charge on any atom is 0.168 e. The van der Waals surface area contributed by atoms with Crippen LogP contribution in [0.2, 0.25) is 0 Å². The lowest BCUT2D eigenvalue weighted by Crippen LogP contribution is -2.33. The molecule has 80 heavy (non-hydrogen) atoms. The number of hydrogen-bond acceptors (Lipinski definition) is 1. The van der Waals surface area contributed by atoms with E-state index in [-0.39, 0.29) is 0 Å². The molecule has 0 spiro atoms. The second-order valence-electron chi connectivity index (χ2n) is 25.3. The quantitative estimate of drug-likeness (QED) is 0.0390. The molecule has 3 heteroatoms. The van der Waals surface area contributed by atoms with Crippen molar-refractivity contribution < 1.29 is 9.05 Å². The van der Waals surface area contributed by atoms with Crippen molar-refractivity contribution in [3.63, 3.8) is 0 Å². The predicted molar refractivity (Wildman–Crippen MR) is 347 cm³/mol. The van der Waals surface area contributed by atoms with Gasteiger partial charge >= 0.3 is 0 Å². The number of aryl methyl sites for hydroxylation is 1. The molecule has 0 aliphatic rings. The number of aromatic nitrogens is 2. The summed E-state index contributed by atoms with van der Waals surface area (Å²) in [6.07, 6.45) is 20.1. The van der Waals surface area contributed by atoms with Gasteiger partial charge in [-0.1, -0.05) is 210 Å². The molecule has 0 aliphatic heterocycles. The van der Waals surface area contributed by atoms with E-state index in [1.807, 2.05) is 12.4 Å². The fourth-order valence-electron chi connectivity index (χ4n) is 11.8. The van der Waals surface area contributed by atoms with Gasteiger partial charge in [0.25, 0.3) is 0 Å². The van der Waals surface area contributed by atoms with Crippen molar-refractivity contribution in [3.8, 4) is 0 Å². The molecule has 430 valence electrons. The molecule has 5 aromatic carbocycles. The summed E-state index contributed by atoms with van der Waals surface area (Å²) in [5.41, 5.74) is 16.1. The second-order valence-corrected chi connectivity index (χ2v) is 25.3. The molecule has 3 nitrogen and oxygen atoms in total. The van der Waals surface area contributed by atoms with E-state index < -0.39 is 0 Å². The lowest BCUT2D eigenvalue weighted by atomic mass is 9.78. The normalized spacial score (nSPS) is 15.3. The van der Waals surface area contributed by atoms with Crippen molar-refractivity contribution in [2.45, 2.75) is 213 Å². The molecule has 2 heterocycles. The Hall–Kier alpha value is -5.64. The van der Waals surface area contributed by atoms with E-state index in [0.717, 1.165) is 11.0 Å². The summed E-state index contributed by atoms with van der Waals surface area (Å²) in [4.78, 5) is 4.12. The first-order chi connectivity index (χ1) is 38.4. The molecule has 0 bridgehead atoms. The van der Waals surface area contributed by atoms with Gasteiger partial charge in [0.15, 0.2) is 12.4 Å². The summed E-state index contributed by atoms with van der Waals surface area (Å²) in [6, 6.07) is 57.6. The lowest BCUT2D eigenvalue weighted by Gasteiger charge is -2.27. The summed E-state index contributed by atoms with van der Waals surface area (Å²) in [5.74, 6) is 6.07. The van der Waals surface area contributed by atoms with Crippen molar-refractivity contribution in [2.75, 3.05) is 21.1 Å². The Morgan fingerprint density at radius 3 is 0.988 bits per heavy atom. The molecule has 0 saturated heterocycles. The molecule has 0 amide bonds. The van der Waals surface area contributed by atoms with Crippen LogP contribution in [0.4, 0.5) is 0 Å². The number of nitrogens with zero attached hydrogens (tertiary/aromatic N) is 3. The van der Waals surface area contributed by atoms with Gasteiger partial charge in [-0.2, -0.15) is 0 Å². The van der Waals surface area contributed by atoms with E-state index in [0.29, 0.717) is 59.2 Å². The molecule has 0 N–H and O–H groups in total. The van der Waals surface area contributed by atoms with Gasteiger partial charge in [0.1, 0.15) is 13.6 Å². The van der Waals surface area contributed by atoms with Crippen LogP contribution in [0.1, 0.15) is 268 Å². The van der Waals surface area contributed by atoms with Gasteiger partial charge < -0.3 is 4.48 Å². The van der Waals surface area contributed by atoms with Crippen molar-refractivity contribution in [1.82, 2.24) is 4.98 Å². The van der Waals surface area contributed by atoms with E-state index in [9.17, 15) is 0 Å². The largest absolute Gasteiger partial charge is 0.327 e. The first-order valence-electron chi connectivity index (χ1n) is 31.5. The maximum absolute atomic E-state index is 4.12. The summed E-state index contributed by atoms with van der Waals surface area (Å²) in [7, 11) is 8.83. The van der Waals surface area contributed by atoms with E-state index >= 15 is 0 Å².